The normalized spacial score (nSPS) is 10.2. The van der Waals surface area contributed by atoms with Crippen molar-refractivity contribution in [2.75, 3.05) is 0 Å². The molecular weight excluding hydrogens is 273 g/mol. The summed E-state index contributed by atoms with van der Waals surface area (Å²) in [6, 6.07) is 4.59. The SMILES string of the molecule is O=Cc1c(OCc2cccnc2)cc(O)c(Cl)c1F. The lowest BCUT2D eigenvalue weighted by atomic mass is 10.2. The number of aldehydes is 1. The van der Waals surface area contributed by atoms with Crippen LogP contribution in [0.5, 0.6) is 11.5 Å². The standard InChI is InChI=1S/C13H9ClFNO3/c14-12-10(18)4-11(9(6-17)13(12)15)19-7-8-2-1-3-16-5-8/h1-6,18H,7H2. The number of carbonyl (C=O) groups is 1. The smallest absolute Gasteiger partial charge is 0.159 e. The van der Waals surface area contributed by atoms with Gasteiger partial charge in [0.1, 0.15) is 23.1 Å². The molecule has 4 nitrogen and oxygen atoms in total. The number of rotatable bonds is 4. The van der Waals surface area contributed by atoms with E-state index in [0.717, 1.165) is 11.6 Å². The van der Waals surface area contributed by atoms with Crippen molar-refractivity contribution in [1.29, 1.82) is 0 Å². The Labute approximate surface area is 113 Å². The van der Waals surface area contributed by atoms with Crippen LogP contribution in [0, 0.1) is 5.82 Å². The van der Waals surface area contributed by atoms with Crippen LogP contribution in [0.3, 0.4) is 0 Å². The molecule has 0 saturated heterocycles. The maximum atomic E-state index is 13.6. The Hall–Kier alpha value is -2.14. The van der Waals surface area contributed by atoms with Gasteiger partial charge in [0.25, 0.3) is 0 Å². The largest absolute Gasteiger partial charge is 0.506 e. The van der Waals surface area contributed by atoms with Gasteiger partial charge in [0.15, 0.2) is 12.1 Å². The highest BCUT2D eigenvalue weighted by atomic mass is 35.5. The van der Waals surface area contributed by atoms with E-state index in [9.17, 15) is 14.3 Å². The molecule has 1 aromatic heterocycles. The van der Waals surface area contributed by atoms with Gasteiger partial charge in [-0.15, -0.1) is 0 Å². The monoisotopic (exact) mass is 281 g/mol. The van der Waals surface area contributed by atoms with Gasteiger partial charge in [0.05, 0.1) is 5.56 Å². The highest BCUT2D eigenvalue weighted by Crippen LogP contribution is 2.34. The molecule has 6 heteroatoms. The predicted octanol–water partition coefficient (Wildman–Crippen LogP) is 2.97. The summed E-state index contributed by atoms with van der Waals surface area (Å²) in [5.41, 5.74) is 0.417. The summed E-state index contributed by atoms with van der Waals surface area (Å²) in [7, 11) is 0. The minimum atomic E-state index is -1.00. The Morgan fingerprint density at radius 2 is 2.32 bits per heavy atom. The van der Waals surface area contributed by atoms with E-state index in [1.165, 1.54) is 0 Å². The van der Waals surface area contributed by atoms with Crippen LogP contribution in [0.15, 0.2) is 30.6 Å². The van der Waals surface area contributed by atoms with E-state index < -0.39 is 16.6 Å². The van der Waals surface area contributed by atoms with Crippen LogP contribution in [-0.4, -0.2) is 16.4 Å². The van der Waals surface area contributed by atoms with Gasteiger partial charge >= 0.3 is 0 Å². The average molecular weight is 282 g/mol. The highest BCUT2D eigenvalue weighted by Gasteiger charge is 2.17. The number of aromatic hydroxyl groups is 1. The van der Waals surface area contributed by atoms with Crippen LogP contribution in [0.2, 0.25) is 5.02 Å². The number of ether oxygens (including phenoxy) is 1. The van der Waals surface area contributed by atoms with Crippen LogP contribution in [0.25, 0.3) is 0 Å². The maximum Gasteiger partial charge on any atom is 0.159 e. The average Bonchev–Trinajstić information content (AvgIpc) is 2.44. The van der Waals surface area contributed by atoms with E-state index in [0.29, 0.717) is 6.29 Å². The third-order valence-electron chi connectivity index (χ3n) is 2.42. The summed E-state index contributed by atoms with van der Waals surface area (Å²) in [5, 5.41) is 8.91. The van der Waals surface area contributed by atoms with Gasteiger partial charge in [-0.2, -0.15) is 0 Å². The molecule has 0 bridgehead atoms. The summed E-state index contributed by atoms with van der Waals surface area (Å²) in [6.07, 6.45) is 3.47. The maximum absolute atomic E-state index is 13.6. The zero-order chi connectivity index (χ0) is 13.8. The van der Waals surface area contributed by atoms with E-state index in [1.54, 1.807) is 24.5 Å². The minimum Gasteiger partial charge on any atom is -0.506 e. The summed E-state index contributed by atoms with van der Waals surface area (Å²) >= 11 is 5.50. The molecule has 0 aliphatic rings. The van der Waals surface area contributed by atoms with E-state index in [2.05, 4.69) is 4.98 Å². The molecule has 0 aliphatic carbocycles. The van der Waals surface area contributed by atoms with E-state index in [4.69, 9.17) is 16.3 Å². The molecule has 0 unspecified atom stereocenters. The first-order chi connectivity index (χ1) is 9.13. The van der Waals surface area contributed by atoms with Crippen molar-refractivity contribution < 1.29 is 19.0 Å². The minimum absolute atomic E-state index is 0.0711. The second-order valence-corrected chi connectivity index (χ2v) is 4.08. The lowest BCUT2D eigenvalue weighted by Gasteiger charge is -2.10. The van der Waals surface area contributed by atoms with Crippen LogP contribution in [0.1, 0.15) is 15.9 Å². The van der Waals surface area contributed by atoms with Crippen molar-refractivity contribution in [2.24, 2.45) is 0 Å². The zero-order valence-corrected chi connectivity index (χ0v) is 10.4. The molecule has 0 amide bonds. The second kappa shape index (κ2) is 5.67. The van der Waals surface area contributed by atoms with Gasteiger partial charge in [-0.05, 0) is 6.07 Å². The fraction of sp³-hybridized carbons (Fsp3) is 0.0769. The third-order valence-corrected chi connectivity index (χ3v) is 2.78. The molecule has 2 aromatic rings. The Bertz CT molecular complexity index is 605. The number of pyridine rings is 1. The lowest BCUT2D eigenvalue weighted by Crippen LogP contribution is -2.01. The molecule has 0 atom stereocenters. The molecule has 19 heavy (non-hydrogen) atoms. The van der Waals surface area contributed by atoms with Crippen LogP contribution >= 0.6 is 11.6 Å². The number of phenolic OH excluding ortho intramolecular Hbond substituents is 1. The second-order valence-electron chi connectivity index (χ2n) is 3.70. The summed E-state index contributed by atoms with van der Waals surface area (Å²) in [5.74, 6) is -1.55. The first kappa shape index (κ1) is 13.3. The molecule has 0 spiro atoms. The van der Waals surface area contributed by atoms with Crippen molar-refractivity contribution >= 4 is 17.9 Å². The number of phenols is 1. The van der Waals surface area contributed by atoms with Crippen molar-refractivity contribution in [2.45, 2.75) is 6.61 Å². The van der Waals surface area contributed by atoms with Crippen molar-refractivity contribution in [3.8, 4) is 11.5 Å². The van der Waals surface area contributed by atoms with E-state index in [1.807, 2.05) is 0 Å². The molecule has 0 saturated carbocycles. The molecule has 98 valence electrons. The summed E-state index contributed by atoms with van der Waals surface area (Å²) in [4.78, 5) is 14.7. The molecule has 0 fully saturated rings. The topological polar surface area (TPSA) is 59.4 Å². The number of hydrogen-bond acceptors (Lipinski definition) is 4. The Kier molecular flexibility index (Phi) is 3.97. The Morgan fingerprint density at radius 1 is 1.53 bits per heavy atom. The number of hydrogen-bond donors (Lipinski definition) is 1. The van der Waals surface area contributed by atoms with Gasteiger partial charge in [-0.3, -0.25) is 9.78 Å². The van der Waals surface area contributed by atoms with Gasteiger partial charge in [-0.25, -0.2) is 4.39 Å². The first-order valence-corrected chi connectivity index (χ1v) is 5.69. The fourth-order valence-corrected chi connectivity index (χ4v) is 1.63. The quantitative estimate of drug-likeness (QED) is 0.875. The van der Waals surface area contributed by atoms with Gasteiger partial charge < -0.3 is 9.84 Å². The third kappa shape index (κ3) is 2.82. The number of benzene rings is 1. The number of carbonyl (C=O) groups excluding carboxylic acids is 1. The first-order valence-electron chi connectivity index (χ1n) is 5.31. The molecular formula is C13H9ClFNO3. The summed E-state index contributed by atoms with van der Waals surface area (Å²) < 4.78 is 18.9. The zero-order valence-electron chi connectivity index (χ0n) is 9.64. The van der Waals surface area contributed by atoms with Crippen molar-refractivity contribution in [1.82, 2.24) is 4.98 Å². The highest BCUT2D eigenvalue weighted by molar-refractivity contribution is 6.32. The molecule has 1 heterocycles. The Balaban J connectivity index is 2.28. The van der Waals surface area contributed by atoms with E-state index in [-0.39, 0.29) is 17.9 Å². The molecule has 2 rings (SSSR count). The summed E-state index contributed by atoms with van der Waals surface area (Å²) in [6.45, 7) is 0.0925. The number of halogens is 2. The van der Waals surface area contributed by atoms with Crippen LogP contribution in [-0.2, 0) is 6.61 Å². The van der Waals surface area contributed by atoms with Gasteiger partial charge in [-0.1, -0.05) is 17.7 Å². The van der Waals surface area contributed by atoms with Gasteiger partial charge in [0.2, 0.25) is 0 Å². The molecule has 1 aromatic carbocycles. The molecule has 1 N–H and O–H groups in total. The predicted molar refractivity (Wildman–Crippen MR) is 67.0 cm³/mol. The number of nitrogens with zero attached hydrogens (tertiary/aromatic N) is 1. The van der Waals surface area contributed by atoms with E-state index >= 15 is 0 Å². The lowest BCUT2D eigenvalue weighted by molar-refractivity contribution is 0.111. The Morgan fingerprint density at radius 3 is 2.95 bits per heavy atom. The fourth-order valence-electron chi connectivity index (χ4n) is 1.48. The van der Waals surface area contributed by atoms with Crippen molar-refractivity contribution in [3.05, 3.63) is 52.6 Å². The number of aromatic nitrogens is 1. The molecule has 0 radical (unpaired) electrons. The van der Waals surface area contributed by atoms with Crippen molar-refractivity contribution in [3.63, 3.8) is 0 Å². The van der Waals surface area contributed by atoms with Crippen LogP contribution < -0.4 is 4.74 Å². The molecule has 0 aliphatic heterocycles. The van der Waals surface area contributed by atoms with Crippen LogP contribution in [0.4, 0.5) is 4.39 Å². The van der Waals surface area contributed by atoms with Gasteiger partial charge in [0, 0.05) is 24.0 Å².